The Kier molecular flexibility index (Phi) is 6.61. The molecule has 1 atom stereocenters. The molecule has 104 valence electrons. The van der Waals surface area contributed by atoms with Crippen LogP contribution in [-0.2, 0) is 10.2 Å². The van der Waals surface area contributed by atoms with Gasteiger partial charge in [-0.3, -0.25) is 0 Å². The average Bonchev–Trinajstić information content (AvgIpc) is 2.09. The summed E-state index contributed by atoms with van der Waals surface area (Å²) in [6.07, 6.45) is -0.106. The fourth-order valence-corrected chi connectivity index (χ4v) is 2.38. The first-order valence-corrected chi connectivity index (χ1v) is 7.42. The van der Waals surface area contributed by atoms with Crippen molar-refractivity contribution in [1.82, 2.24) is 9.44 Å². The number of rotatable bonds is 7. The van der Waals surface area contributed by atoms with Gasteiger partial charge in [-0.2, -0.15) is 13.1 Å². The van der Waals surface area contributed by atoms with Crippen LogP contribution in [0.1, 0.15) is 41.0 Å². The van der Waals surface area contributed by atoms with Crippen LogP contribution >= 0.6 is 0 Å². The first-order chi connectivity index (χ1) is 7.52. The van der Waals surface area contributed by atoms with Gasteiger partial charge in [0.1, 0.15) is 0 Å². The lowest BCUT2D eigenvalue weighted by Crippen LogP contribution is -2.42. The van der Waals surface area contributed by atoms with Crippen molar-refractivity contribution in [3.8, 4) is 0 Å². The zero-order chi connectivity index (χ0) is 13.7. The Morgan fingerprint density at radius 3 is 2.00 bits per heavy atom. The van der Waals surface area contributed by atoms with Crippen molar-refractivity contribution in [1.29, 1.82) is 0 Å². The van der Waals surface area contributed by atoms with Crippen LogP contribution in [0.3, 0.4) is 0 Å². The molecule has 0 spiro atoms. The lowest BCUT2D eigenvalue weighted by molar-refractivity contribution is 0.125. The normalized spacial score (nSPS) is 15.2. The summed E-state index contributed by atoms with van der Waals surface area (Å²) < 4.78 is 27.7. The molecule has 0 radical (unpaired) electrons. The second-order valence-corrected chi connectivity index (χ2v) is 7.60. The lowest BCUT2D eigenvalue weighted by Gasteiger charge is -2.22. The predicted octanol–water partition coefficient (Wildman–Crippen LogP) is 0.864. The highest BCUT2D eigenvalue weighted by Gasteiger charge is 2.18. The van der Waals surface area contributed by atoms with Crippen molar-refractivity contribution in [2.45, 2.75) is 47.1 Å². The maximum absolute atomic E-state index is 11.5. The second kappa shape index (κ2) is 6.68. The number of hydrogen-bond donors (Lipinski definition) is 3. The maximum Gasteiger partial charge on any atom is 0.277 e. The SMILES string of the molecule is CC(C)CNS(=O)(=O)NCC(O)CC(C)(C)C. The summed E-state index contributed by atoms with van der Waals surface area (Å²) in [6, 6.07) is 0. The highest BCUT2D eigenvalue weighted by atomic mass is 32.2. The zero-order valence-electron chi connectivity index (χ0n) is 11.4. The van der Waals surface area contributed by atoms with E-state index in [0.29, 0.717) is 13.0 Å². The fraction of sp³-hybridized carbons (Fsp3) is 1.00. The standard InChI is InChI=1S/C11H26N2O3S/c1-9(2)7-12-17(15,16)13-8-10(14)6-11(3,4)5/h9-10,12-14H,6-8H2,1-5H3. The molecule has 0 aromatic carbocycles. The maximum atomic E-state index is 11.5. The summed E-state index contributed by atoms with van der Waals surface area (Å²) in [5.41, 5.74) is -0.0176. The van der Waals surface area contributed by atoms with Gasteiger partial charge in [0.2, 0.25) is 0 Å². The molecule has 0 rings (SSSR count). The molecule has 5 nitrogen and oxygen atoms in total. The van der Waals surface area contributed by atoms with E-state index in [4.69, 9.17) is 0 Å². The Labute approximate surface area is 105 Å². The molecule has 1 unspecified atom stereocenters. The van der Waals surface area contributed by atoms with E-state index in [9.17, 15) is 13.5 Å². The molecule has 0 fully saturated rings. The van der Waals surface area contributed by atoms with Crippen LogP contribution in [0.2, 0.25) is 0 Å². The summed E-state index contributed by atoms with van der Waals surface area (Å²) in [4.78, 5) is 0. The highest BCUT2D eigenvalue weighted by molar-refractivity contribution is 7.87. The van der Waals surface area contributed by atoms with E-state index in [-0.39, 0.29) is 17.9 Å². The van der Waals surface area contributed by atoms with Gasteiger partial charge < -0.3 is 5.11 Å². The summed E-state index contributed by atoms with van der Waals surface area (Å²) in [5, 5.41) is 9.67. The Balaban J connectivity index is 4.01. The predicted molar refractivity (Wildman–Crippen MR) is 69.8 cm³/mol. The van der Waals surface area contributed by atoms with Crippen LogP contribution in [0.4, 0.5) is 0 Å². The molecule has 0 aliphatic carbocycles. The number of hydrogen-bond acceptors (Lipinski definition) is 3. The monoisotopic (exact) mass is 266 g/mol. The third-order valence-electron chi connectivity index (χ3n) is 2.04. The van der Waals surface area contributed by atoms with Gasteiger partial charge >= 0.3 is 0 Å². The van der Waals surface area contributed by atoms with Crippen molar-refractivity contribution < 1.29 is 13.5 Å². The Morgan fingerprint density at radius 2 is 1.59 bits per heavy atom. The van der Waals surface area contributed by atoms with Crippen LogP contribution < -0.4 is 9.44 Å². The Bertz CT molecular complexity index is 307. The van der Waals surface area contributed by atoms with Crippen molar-refractivity contribution in [2.75, 3.05) is 13.1 Å². The van der Waals surface area contributed by atoms with Crippen molar-refractivity contribution in [2.24, 2.45) is 11.3 Å². The van der Waals surface area contributed by atoms with Crippen molar-refractivity contribution >= 4 is 10.2 Å². The van der Waals surface area contributed by atoms with Gasteiger partial charge in [-0.25, -0.2) is 4.72 Å². The largest absolute Gasteiger partial charge is 0.392 e. The van der Waals surface area contributed by atoms with Crippen LogP contribution in [0, 0.1) is 11.3 Å². The third kappa shape index (κ3) is 10.7. The fourth-order valence-electron chi connectivity index (χ4n) is 1.31. The van der Waals surface area contributed by atoms with Gasteiger partial charge in [0.05, 0.1) is 6.10 Å². The van der Waals surface area contributed by atoms with Crippen molar-refractivity contribution in [3.63, 3.8) is 0 Å². The van der Waals surface area contributed by atoms with Gasteiger partial charge in [0.25, 0.3) is 10.2 Å². The molecule has 17 heavy (non-hydrogen) atoms. The van der Waals surface area contributed by atoms with E-state index < -0.39 is 16.3 Å². The van der Waals surface area contributed by atoms with E-state index in [2.05, 4.69) is 9.44 Å². The number of aliphatic hydroxyl groups excluding tert-OH is 1. The van der Waals surface area contributed by atoms with E-state index >= 15 is 0 Å². The smallest absolute Gasteiger partial charge is 0.277 e. The van der Waals surface area contributed by atoms with Crippen molar-refractivity contribution in [3.05, 3.63) is 0 Å². The second-order valence-electron chi connectivity index (χ2n) is 6.01. The summed E-state index contributed by atoms with van der Waals surface area (Å²) in [6.45, 7) is 10.3. The van der Waals surface area contributed by atoms with Crippen LogP contribution in [0.15, 0.2) is 0 Å². The molecule has 0 heterocycles. The average molecular weight is 266 g/mol. The molecular formula is C11H26N2O3S. The van der Waals surface area contributed by atoms with Gasteiger partial charge in [0.15, 0.2) is 0 Å². The van der Waals surface area contributed by atoms with Gasteiger partial charge in [-0.1, -0.05) is 34.6 Å². The molecule has 0 saturated carbocycles. The van der Waals surface area contributed by atoms with Gasteiger partial charge in [-0.15, -0.1) is 0 Å². The molecule has 6 heteroatoms. The van der Waals surface area contributed by atoms with Gasteiger partial charge in [0, 0.05) is 13.1 Å². The molecule has 3 N–H and O–H groups in total. The summed E-state index contributed by atoms with van der Waals surface area (Å²) in [7, 11) is -3.49. The third-order valence-corrected chi connectivity index (χ3v) is 3.13. The summed E-state index contributed by atoms with van der Waals surface area (Å²) >= 11 is 0. The minimum absolute atomic E-state index is 0.0176. The van der Waals surface area contributed by atoms with E-state index in [1.165, 1.54) is 0 Å². The molecule has 0 aromatic rings. The quantitative estimate of drug-likeness (QED) is 0.639. The molecule has 0 amide bonds. The minimum Gasteiger partial charge on any atom is -0.392 e. The van der Waals surface area contributed by atoms with Gasteiger partial charge in [-0.05, 0) is 17.8 Å². The van der Waals surface area contributed by atoms with Crippen LogP contribution in [0.25, 0.3) is 0 Å². The molecule has 0 bridgehead atoms. The molecule has 0 aliphatic rings. The Morgan fingerprint density at radius 1 is 1.12 bits per heavy atom. The number of aliphatic hydroxyl groups is 1. The van der Waals surface area contributed by atoms with E-state index in [0.717, 1.165) is 0 Å². The van der Waals surface area contributed by atoms with E-state index in [1.807, 2.05) is 34.6 Å². The Hall–Kier alpha value is -0.170. The molecule has 0 saturated heterocycles. The first-order valence-electron chi connectivity index (χ1n) is 5.94. The van der Waals surface area contributed by atoms with Crippen LogP contribution in [-0.4, -0.2) is 32.7 Å². The molecule has 0 aromatic heterocycles. The minimum atomic E-state index is -3.49. The van der Waals surface area contributed by atoms with E-state index in [1.54, 1.807) is 0 Å². The first kappa shape index (κ1) is 16.8. The number of nitrogens with one attached hydrogen (secondary N) is 2. The topological polar surface area (TPSA) is 78.4 Å². The molecule has 0 aliphatic heterocycles. The summed E-state index contributed by atoms with van der Waals surface area (Å²) in [5.74, 6) is 0.256. The lowest BCUT2D eigenvalue weighted by atomic mass is 9.89. The highest BCUT2D eigenvalue weighted by Crippen LogP contribution is 2.20. The zero-order valence-corrected chi connectivity index (χ0v) is 12.3. The molecular weight excluding hydrogens is 240 g/mol. The van der Waals surface area contributed by atoms with Crippen LogP contribution in [0.5, 0.6) is 0 Å².